The zero-order chi connectivity index (χ0) is 9.40. The van der Waals surface area contributed by atoms with Crippen molar-refractivity contribution in [2.24, 2.45) is 0 Å². The smallest absolute Gasteiger partial charge is 0.148 e. The molecule has 2 nitrogen and oxygen atoms in total. The second kappa shape index (κ2) is 7.74. The van der Waals surface area contributed by atoms with Gasteiger partial charge in [0, 0.05) is 6.42 Å². The third-order valence-electron chi connectivity index (χ3n) is 1.79. The van der Waals surface area contributed by atoms with Crippen molar-refractivity contribution in [3.8, 4) is 0 Å². The number of unbranched alkanes of at least 4 members (excludes halogenated alkanes) is 3. The molecule has 0 heterocycles. The van der Waals surface area contributed by atoms with Crippen LogP contribution in [0.15, 0.2) is 0 Å². The second-order valence-corrected chi connectivity index (χ2v) is 4.03. The summed E-state index contributed by atoms with van der Waals surface area (Å²) in [6.07, 6.45) is 5.05. The molecule has 0 aliphatic rings. The predicted molar refractivity (Wildman–Crippen MR) is 53.6 cm³/mol. The molecule has 1 atom stereocenters. The standard InChI is InChI=1S/C9H17BrO2/c1-2-3-4-5-6-9(12)8(10)7-11/h8,11H,2-7H2,1H3. The molecule has 0 spiro atoms. The van der Waals surface area contributed by atoms with Gasteiger partial charge in [-0.25, -0.2) is 0 Å². The van der Waals surface area contributed by atoms with Gasteiger partial charge >= 0.3 is 0 Å². The Bertz CT molecular complexity index is 126. The Hall–Kier alpha value is 0.110. The number of alkyl halides is 1. The van der Waals surface area contributed by atoms with Crippen LogP contribution in [-0.4, -0.2) is 22.3 Å². The summed E-state index contributed by atoms with van der Waals surface area (Å²) in [5.41, 5.74) is 0. The van der Waals surface area contributed by atoms with Gasteiger partial charge in [-0.2, -0.15) is 0 Å². The maximum Gasteiger partial charge on any atom is 0.148 e. The molecule has 0 saturated carbocycles. The lowest BCUT2D eigenvalue weighted by Gasteiger charge is -2.03. The van der Waals surface area contributed by atoms with E-state index in [0.29, 0.717) is 6.42 Å². The van der Waals surface area contributed by atoms with E-state index in [0.717, 1.165) is 12.8 Å². The minimum absolute atomic E-state index is 0.0907. The van der Waals surface area contributed by atoms with Crippen molar-refractivity contribution >= 4 is 21.7 Å². The number of aliphatic hydroxyl groups excluding tert-OH is 1. The maximum atomic E-state index is 11.1. The van der Waals surface area contributed by atoms with Crippen LogP contribution < -0.4 is 0 Å². The number of Topliss-reactive ketones (excluding diaryl/α,β-unsaturated/α-hetero) is 1. The quantitative estimate of drug-likeness (QED) is 0.544. The van der Waals surface area contributed by atoms with Crippen LogP contribution >= 0.6 is 15.9 Å². The highest BCUT2D eigenvalue weighted by atomic mass is 79.9. The van der Waals surface area contributed by atoms with Crippen LogP contribution in [0.1, 0.15) is 39.0 Å². The number of ketones is 1. The Labute approximate surface area is 82.5 Å². The largest absolute Gasteiger partial charge is 0.395 e. The summed E-state index contributed by atoms with van der Waals surface area (Å²) in [7, 11) is 0. The molecular formula is C9H17BrO2. The van der Waals surface area contributed by atoms with Gasteiger partial charge in [-0.3, -0.25) is 4.79 Å². The third kappa shape index (κ3) is 5.72. The Morgan fingerprint density at radius 2 is 2.08 bits per heavy atom. The molecule has 0 rings (SSSR count). The van der Waals surface area contributed by atoms with Gasteiger partial charge in [0.05, 0.1) is 11.4 Å². The Morgan fingerprint density at radius 3 is 2.58 bits per heavy atom. The molecule has 0 fully saturated rings. The van der Waals surface area contributed by atoms with Gasteiger partial charge in [-0.15, -0.1) is 0 Å². The lowest BCUT2D eigenvalue weighted by molar-refractivity contribution is -0.119. The molecule has 1 unspecified atom stereocenters. The molecule has 0 aliphatic carbocycles. The second-order valence-electron chi connectivity index (χ2n) is 2.93. The topological polar surface area (TPSA) is 37.3 Å². The van der Waals surface area contributed by atoms with Crippen LogP contribution in [0.2, 0.25) is 0 Å². The normalized spacial score (nSPS) is 12.9. The number of hydrogen-bond donors (Lipinski definition) is 1. The molecule has 0 saturated heterocycles. The summed E-state index contributed by atoms with van der Waals surface area (Å²) in [5, 5.41) is 8.64. The fourth-order valence-corrected chi connectivity index (χ4v) is 1.21. The summed E-state index contributed by atoms with van der Waals surface area (Å²) in [5.74, 6) is 0.119. The molecule has 72 valence electrons. The fraction of sp³-hybridized carbons (Fsp3) is 0.889. The minimum atomic E-state index is -0.348. The van der Waals surface area contributed by atoms with Crippen molar-refractivity contribution < 1.29 is 9.90 Å². The SMILES string of the molecule is CCCCCCC(=O)C(Br)CO. The molecule has 0 aromatic heterocycles. The van der Waals surface area contributed by atoms with E-state index in [1.807, 2.05) is 0 Å². The average molecular weight is 237 g/mol. The number of carbonyl (C=O) groups excluding carboxylic acids is 1. The van der Waals surface area contributed by atoms with E-state index < -0.39 is 0 Å². The van der Waals surface area contributed by atoms with Gasteiger partial charge in [0.1, 0.15) is 5.78 Å². The summed E-state index contributed by atoms with van der Waals surface area (Å²) in [6, 6.07) is 0. The molecule has 0 amide bonds. The molecule has 0 aromatic rings. The number of rotatable bonds is 7. The predicted octanol–water partition coefficient (Wildman–Crippen LogP) is 2.28. The van der Waals surface area contributed by atoms with Crippen LogP contribution in [0.5, 0.6) is 0 Å². The molecule has 12 heavy (non-hydrogen) atoms. The first-order valence-electron chi connectivity index (χ1n) is 4.50. The van der Waals surface area contributed by atoms with Crippen molar-refractivity contribution in [3.05, 3.63) is 0 Å². The van der Waals surface area contributed by atoms with E-state index in [4.69, 9.17) is 5.11 Å². The lowest BCUT2D eigenvalue weighted by atomic mass is 10.1. The van der Waals surface area contributed by atoms with Crippen molar-refractivity contribution in [1.29, 1.82) is 0 Å². The van der Waals surface area contributed by atoms with Gasteiger partial charge in [0.25, 0.3) is 0 Å². The first kappa shape index (κ1) is 12.1. The van der Waals surface area contributed by atoms with Crippen molar-refractivity contribution in [2.75, 3.05) is 6.61 Å². The first-order chi connectivity index (χ1) is 5.72. The number of hydrogen-bond acceptors (Lipinski definition) is 2. The van der Waals surface area contributed by atoms with Gasteiger partial charge in [-0.05, 0) is 6.42 Å². The van der Waals surface area contributed by atoms with Crippen LogP contribution in [0.3, 0.4) is 0 Å². The van der Waals surface area contributed by atoms with Crippen molar-refractivity contribution in [2.45, 2.75) is 43.9 Å². The molecular weight excluding hydrogens is 220 g/mol. The average Bonchev–Trinajstić information content (AvgIpc) is 2.10. The van der Waals surface area contributed by atoms with Crippen molar-refractivity contribution in [3.63, 3.8) is 0 Å². The van der Waals surface area contributed by atoms with E-state index in [1.54, 1.807) is 0 Å². The minimum Gasteiger partial charge on any atom is -0.395 e. The monoisotopic (exact) mass is 236 g/mol. The Kier molecular flexibility index (Phi) is 7.81. The highest BCUT2D eigenvalue weighted by Crippen LogP contribution is 2.08. The third-order valence-corrected chi connectivity index (χ3v) is 2.59. The highest BCUT2D eigenvalue weighted by molar-refractivity contribution is 9.10. The van der Waals surface area contributed by atoms with E-state index in [2.05, 4.69) is 22.9 Å². The Balaban J connectivity index is 3.31. The van der Waals surface area contributed by atoms with Gasteiger partial charge in [0.2, 0.25) is 0 Å². The molecule has 0 radical (unpaired) electrons. The lowest BCUT2D eigenvalue weighted by Crippen LogP contribution is -2.17. The molecule has 0 aliphatic heterocycles. The number of aliphatic hydroxyl groups is 1. The summed E-state index contributed by atoms with van der Waals surface area (Å²) in [6.45, 7) is 2.05. The van der Waals surface area contributed by atoms with E-state index in [9.17, 15) is 4.79 Å². The number of halogens is 1. The molecule has 1 N–H and O–H groups in total. The van der Waals surface area contributed by atoms with E-state index >= 15 is 0 Å². The summed E-state index contributed by atoms with van der Waals surface area (Å²) >= 11 is 3.11. The molecule has 0 bridgehead atoms. The fourth-order valence-electron chi connectivity index (χ4n) is 0.984. The van der Waals surface area contributed by atoms with E-state index in [-0.39, 0.29) is 17.2 Å². The van der Waals surface area contributed by atoms with Crippen LogP contribution in [0.4, 0.5) is 0 Å². The van der Waals surface area contributed by atoms with Crippen LogP contribution in [0.25, 0.3) is 0 Å². The summed E-state index contributed by atoms with van der Waals surface area (Å²) in [4.78, 5) is 10.8. The first-order valence-corrected chi connectivity index (χ1v) is 5.41. The maximum absolute atomic E-state index is 11.1. The van der Waals surface area contributed by atoms with E-state index in [1.165, 1.54) is 12.8 Å². The zero-order valence-corrected chi connectivity index (χ0v) is 9.14. The van der Waals surface area contributed by atoms with Crippen molar-refractivity contribution in [1.82, 2.24) is 0 Å². The summed E-state index contributed by atoms with van der Waals surface area (Å²) < 4.78 is 0. The van der Waals surface area contributed by atoms with Crippen LogP contribution in [0, 0.1) is 0 Å². The zero-order valence-electron chi connectivity index (χ0n) is 7.55. The van der Waals surface area contributed by atoms with Gasteiger partial charge in [-0.1, -0.05) is 42.1 Å². The number of carbonyl (C=O) groups is 1. The van der Waals surface area contributed by atoms with Gasteiger partial charge < -0.3 is 5.11 Å². The van der Waals surface area contributed by atoms with Crippen LogP contribution in [-0.2, 0) is 4.79 Å². The van der Waals surface area contributed by atoms with Gasteiger partial charge in [0.15, 0.2) is 0 Å². The Morgan fingerprint density at radius 1 is 1.42 bits per heavy atom. The molecule has 3 heteroatoms. The molecule has 0 aromatic carbocycles. The highest BCUT2D eigenvalue weighted by Gasteiger charge is 2.11.